The molecule has 0 aliphatic heterocycles. The van der Waals surface area contributed by atoms with Gasteiger partial charge in [-0.15, -0.1) is 0 Å². The molecule has 0 atom stereocenters. The summed E-state index contributed by atoms with van der Waals surface area (Å²) >= 11 is 0. The van der Waals surface area contributed by atoms with E-state index in [0.29, 0.717) is 12.3 Å². The van der Waals surface area contributed by atoms with Gasteiger partial charge in [-0.05, 0) is 35.2 Å². The number of pyridine rings is 1. The first-order valence-electron chi connectivity index (χ1n) is 8.34. The molecule has 0 aliphatic rings. The average Bonchev–Trinajstić information content (AvgIpc) is 2.60. The maximum absolute atomic E-state index is 12.5. The second-order valence-electron chi connectivity index (χ2n) is 7.17. The summed E-state index contributed by atoms with van der Waals surface area (Å²) in [7, 11) is -3.98. The van der Waals surface area contributed by atoms with Gasteiger partial charge < -0.3 is 4.74 Å². The van der Waals surface area contributed by atoms with E-state index in [1.807, 2.05) is 20.8 Å². The molecule has 0 bridgehead atoms. The van der Waals surface area contributed by atoms with Crippen LogP contribution in [0.1, 0.15) is 42.3 Å². The lowest BCUT2D eigenvalue weighted by molar-refractivity contribution is -0.137. The van der Waals surface area contributed by atoms with Gasteiger partial charge in [-0.2, -0.15) is 13.2 Å². The van der Waals surface area contributed by atoms with Crippen molar-refractivity contribution >= 4 is 15.8 Å². The van der Waals surface area contributed by atoms with Crippen LogP contribution in [0.2, 0.25) is 0 Å². The Kier molecular flexibility index (Phi) is 6.18. The summed E-state index contributed by atoms with van der Waals surface area (Å²) in [4.78, 5) is 15.4. The van der Waals surface area contributed by atoms with Crippen molar-refractivity contribution in [2.45, 2.75) is 37.4 Å². The highest BCUT2D eigenvalue weighted by molar-refractivity contribution is 7.91. The van der Waals surface area contributed by atoms with Crippen LogP contribution in [-0.2, 0) is 26.2 Å². The molecular weight excluding hydrogens is 395 g/mol. The first-order chi connectivity index (χ1) is 12.8. The largest absolute Gasteiger partial charge is 0.461 e. The zero-order valence-corrected chi connectivity index (χ0v) is 16.4. The molecule has 2 rings (SSSR count). The van der Waals surface area contributed by atoms with Crippen LogP contribution in [0.3, 0.4) is 0 Å². The van der Waals surface area contributed by atoms with Crippen LogP contribution in [-0.4, -0.2) is 31.7 Å². The fourth-order valence-electron chi connectivity index (χ4n) is 2.27. The molecule has 5 nitrogen and oxygen atoms in total. The normalized spacial score (nSPS) is 12.6. The minimum absolute atomic E-state index is 0.0782. The number of alkyl halides is 3. The number of ether oxygens (including phenoxy) is 1. The predicted octanol–water partition coefficient (Wildman–Crippen LogP) is 4.03. The van der Waals surface area contributed by atoms with Crippen LogP contribution in [0, 0.1) is 0 Å². The lowest BCUT2D eigenvalue weighted by atomic mass is 9.87. The molecule has 0 aliphatic carbocycles. The number of benzene rings is 1. The highest BCUT2D eigenvalue weighted by atomic mass is 32.2. The molecule has 0 radical (unpaired) electrons. The topological polar surface area (TPSA) is 73.3 Å². The Labute approximate surface area is 161 Å². The molecule has 0 saturated carbocycles. The van der Waals surface area contributed by atoms with Gasteiger partial charge in [0.15, 0.2) is 14.9 Å². The van der Waals surface area contributed by atoms with Crippen molar-refractivity contribution in [2.75, 3.05) is 12.4 Å². The Morgan fingerprint density at radius 3 is 2.04 bits per heavy atom. The molecule has 0 unspecified atom stereocenters. The number of nitrogens with zero attached hydrogens (tertiary/aromatic N) is 1. The number of esters is 1. The molecular formula is C19H20F3NO4S. The van der Waals surface area contributed by atoms with Gasteiger partial charge in [0, 0.05) is 6.20 Å². The molecule has 152 valence electrons. The van der Waals surface area contributed by atoms with Gasteiger partial charge in [0.2, 0.25) is 0 Å². The third kappa shape index (κ3) is 5.54. The van der Waals surface area contributed by atoms with Crippen LogP contribution < -0.4 is 0 Å². The predicted molar refractivity (Wildman–Crippen MR) is 96.7 cm³/mol. The standard InChI is InChI=1S/C19H20F3NO4S/c1-18(2,3)14-6-4-13(5-7-14)17(24)27-10-11-28(25,26)16-9-8-15(12-23-16)19(20,21)22/h4-9,12H,10-11H2,1-3H3. The molecule has 0 N–H and O–H groups in total. The van der Waals surface area contributed by atoms with Crippen molar-refractivity contribution in [3.05, 3.63) is 59.3 Å². The van der Waals surface area contributed by atoms with Gasteiger partial charge in [0.25, 0.3) is 0 Å². The molecule has 1 aromatic carbocycles. The SMILES string of the molecule is CC(C)(C)c1ccc(C(=O)OCCS(=O)(=O)c2ccc(C(F)(F)F)cn2)cc1. The second-order valence-corrected chi connectivity index (χ2v) is 9.22. The van der Waals surface area contributed by atoms with Crippen LogP contribution in [0.15, 0.2) is 47.6 Å². The molecule has 0 fully saturated rings. The number of rotatable bonds is 5. The van der Waals surface area contributed by atoms with Crippen LogP contribution in [0.5, 0.6) is 0 Å². The van der Waals surface area contributed by atoms with Crippen molar-refractivity contribution in [3.8, 4) is 0 Å². The second kappa shape index (κ2) is 7.90. The number of sulfone groups is 1. The summed E-state index contributed by atoms with van der Waals surface area (Å²) in [6.45, 7) is 5.65. The van der Waals surface area contributed by atoms with Gasteiger partial charge in [-0.1, -0.05) is 32.9 Å². The maximum atomic E-state index is 12.5. The zero-order valence-electron chi connectivity index (χ0n) is 15.6. The smallest absolute Gasteiger partial charge is 0.417 e. The number of hydrogen-bond donors (Lipinski definition) is 0. The number of halogens is 3. The summed E-state index contributed by atoms with van der Waals surface area (Å²) in [5.41, 5.74) is 0.181. The van der Waals surface area contributed by atoms with Crippen molar-refractivity contribution in [3.63, 3.8) is 0 Å². The summed E-state index contributed by atoms with van der Waals surface area (Å²) in [6, 6.07) is 8.19. The molecule has 1 heterocycles. The summed E-state index contributed by atoms with van der Waals surface area (Å²) in [5.74, 6) is -1.27. The first kappa shape index (κ1) is 21.9. The van der Waals surface area contributed by atoms with Crippen molar-refractivity contribution in [1.29, 1.82) is 0 Å². The van der Waals surface area contributed by atoms with Crippen LogP contribution >= 0.6 is 0 Å². The summed E-state index contributed by atoms with van der Waals surface area (Å²) in [5, 5.41) is -0.508. The van der Waals surface area contributed by atoms with Crippen LogP contribution in [0.4, 0.5) is 13.2 Å². The Morgan fingerprint density at radius 1 is 1.00 bits per heavy atom. The molecule has 2 aromatic rings. The Bertz CT molecular complexity index is 929. The third-order valence-corrected chi connectivity index (χ3v) is 5.54. The van der Waals surface area contributed by atoms with Crippen molar-refractivity contribution in [2.24, 2.45) is 0 Å². The molecule has 0 saturated heterocycles. The van der Waals surface area contributed by atoms with E-state index in [1.165, 1.54) is 0 Å². The van der Waals surface area contributed by atoms with E-state index < -0.39 is 44.9 Å². The van der Waals surface area contributed by atoms with Gasteiger partial charge in [0.1, 0.15) is 6.61 Å². The highest BCUT2D eigenvalue weighted by Gasteiger charge is 2.31. The molecule has 28 heavy (non-hydrogen) atoms. The van der Waals surface area contributed by atoms with E-state index in [4.69, 9.17) is 4.74 Å². The Balaban J connectivity index is 1.97. The Hall–Kier alpha value is -2.42. The highest BCUT2D eigenvalue weighted by Crippen LogP contribution is 2.29. The summed E-state index contributed by atoms with van der Waals surface area (Å²) < 4.78 is 66.8. The molecule has 1 aromatic heterocycles. The van der Waals surface area contributed by atoms with Gasteiger partial charge in [-0.3, -0.25) is 0 Å². The number of carbonyl (C=O) groups excluding carboxylic acids is 1. The Morgan fingerprint density at radius 2 is 1.57 bits per heavy atom. The molecule has 9 heteroatoms. The summed E-state index contributed by atoms with van der Waals surface area (Å²) in [6.07, 6.45) is -4.15. The van der Waals surface area contributed by atoms with Gasteiger partial charge in [-0.25, -0.2) is 18.2 Å². The van der Waals surface area contributed by atoms with E-state index in [9.17, 15) is 26.4 Å². The monoisotopic (exact) mass is 415 g/mol. The van der Waals surface area contributed by atoms with Crippen molar-refractivity contribution in [1.82, 2.24) is 4.98 Å². The van der Waals surface area contributed by atoms with Crippen molar-refractivity contribution < 1.29 is 31.1 Å². The van der Waals surface area contributed by atoms with E-state index in [-0.39, 0.29) is 11.0 Å². The van der Waals surface area contributed by atoms with Crippen LogP contribution in [0.25, 0.3) is 0 Å². The number of carbonyl (C=O) groups is 1. The maximum Gasteiger partial charge on any atom is 0.417 e. The van der Waals surface area contributed by atoms with Gasteiger partial charge >= 0.3 is 12.1 Å². The minimum Gasteiger partial charge on any atom is -0.461 e. The zero-order chi connectivity index (χ0) is 21.2. The number of hydrogen-bond acceptors (Lipinski definition) is 5. The van der Waals surface area contributed by atoms with E-state index in [0.717, 1.165) is 11.6 Å². The molecule has 0 spiro atoms. The fourth-order valence-corrected chi connectivity index (χ4v) is 3.27. The van der Waals surface area contributed by atoms with E-state index >= 15 is 0 Å². The average molecular weight is 415 g/mol. The van der Waals surface area contributed by atoms with E-state index in [1.54, 1.807) is 24.3 Å². The van der Waals surface area contributed by atoms with Gasteiger partial charge in [0.05, 0.1) is 16.9 Å². The third-order valence-electron chi connectivity index (χ3n) is 3.95. The minimum atomic E-state index is -4.60. The lowest BCUT2D eigenvalue weighted by Gasteiger charge is -2.18. The fraction of sp³-hybridized carbons (Fsp3) is 0.368. The first-order valence-corrected chi connectivity index (χ1v) is 9.99. The number of aromatic nitrogens is 1. The quantitative estimate of drug-likeness (QED) is 0.690. The molecule has 0 amide bonds. The van der Waals surface area contributed by atoms with E-state index in [2.05, 4.69) is 4.98 Å². The lowest BCUT2D eigenvalue weighted by Crippen LogP contribution is -2.17.